The second-order valence-electron chi connectivity index (χ2n) is 7.12. The number of methoxy groups -OCH3 is 1. The quantitative estimate of drug-likeness (QED) is 0.720. The third-order valence-corrected chi connectivity index (χ3v) is 7.15. The number of hydrogen-bond acceptors (Lipinski definition) is 4. The van der Waals surface area contributed by atoms with Crippen LogP contribution in [-0.4, -0.2) is 38.3 Å². The highest BCUT2D eigenvalue weighted by Crippen LogP contribution is 2.28. The fourth-order valence-electron chi connectivity index (χ4n) is 3.55. The van der Waals surface area contributed by atoms with E-state index >= 15 is 0 Å². The van der Waals surface area contributed by atoms with E-state index in [2.05, 4.69) is 5.32 Å². The highest BCUT2D eigenvalue weighted by atomic mass is 32.2. The van der Waals surface area contributed by atoms with Crippen LogP contribution in [0.5, 0.6) is 5.75 Å². The van der Waals surface area contributed by atoms with Crippen molar-refractivity contribution in [3.63, 3.8) is 0 Å². The summed E-state index contributed by atoms with van der Waals surface area (Å²) in [6.07, 6.45) is 1.96. The van der Waals surface area contributed by atoms with Crippen LogP contribution in [0.1, 0.15) is 31.2 Å². The molecule has 9 heteroatoms. The molecular weight excluding hydrogens is 414 g/mol. The molecule has 1 aliphatic rings. The molecule has 0 aliphatic carbocycles. The SMILES string of the molecule is COc1ccc(S(=O)(=O)N2CCCC[C@@H]2CC(=O)NCc2c(F)cccc2F)cc1. The zero-order valence-corrected chi connectivity index (χ0v) is 17.4. The summed E-state index contributed by atoms with van der Waals surface area (Å²) in [6, 6.07) is 9.06. The molecule has 3 rings (SSSR count). The first-order chi connectivity index (χ1) is 14.3. The summed E-state index contributed by atoms with van der Waals surface area (Å²) < 4.78 is 60.1. The van der Waals surface area contributed by atoms with Gasteiger partial charge < -0.3 is 10.1 Å². The fraction of sp³-hybridized carbons (Fsp3) is 0.381. The summed E-state index contributed by atoms with van der Waals surface area (Å²) in [4.78, 5) is 12.5. The normalized spacial score (nSPS) is 17.5. The first-order valence-corrected chi connectivity index (χ1v) is 11.1. The van der Waals surface area contributed by atoms with Crippen LogP contribution < -0.4 is 10.1 Å². The maximum absolute atomic E-state index is 13.7. The molecule has 0 spiro atoms. The van der Waals surface area contributed by atoms with Crippen molar-refractivity contribution in [2.24, 2.45) is 0 Å². The van der Waals surface area contributed by atoms with Gasteiger partial charge in [-0.25, -0.2) is 17.2 Å². The number of carbonyl (C=O) groups excluding carboxylic acids is 1. The van der Waals surface area contributed by atoms with Gasteiger partial charge in [-0.1, -0.05) is 12.5 Å². The van der Waals surface area contributed by atoms with Gasteiger partial charge in [0, 0.05) is 31.1 Å². The van der Waals surface area contributed by atoms with E-state index in [0.717, 1.165) is 18.6 Å². The summed E-state index contributed by atoms with van der Waals surface area (Å²) in [6.45, 7) is 0.0174. The van der Waals surface area contributed by atoms with E-state index in [1.165, 1.54) is 29.6 Å². The maximum atomic E-state index is 13.7. The van der Waals surface area contributed by atoms with Crippen LogP contribution in [-0.2, 0) is 21.4 Å². The number of rotatable bonds is 7. The Morgan fingerprint density at radius 3 is 2.43 bits per heavy atom. The van der Waals surface area contributed by atoms with Gasteiger partial charge in [0.1, 0.15) is 17.4 Å². The van der Waals surface area contributed by atoms with Crippen LogP contribution in [0.25, 0.3) is 0 Å². The Bertz CT molecular complexity index is 976. The predicted octanol–water partition coefficient (Wildman–Crippen LogP) is 3.22. The lowest BCUT2D eigenvalue weighted by Crippen LogP contribution is -2.45. The third-order valence-electron chi connectivity index (χ3n) is 5.18. The van der Waals surface area contributed by atoms with Gasteiger partial charge >= 0.3 is 0 Å². The van der Waals surface area contributed by atoms with Gasteiger partial charge in [0.25, 0.3) is 0 Å². The summed E-state index contributed by atoms with van der Waals surface area (Å²) in [5, 5.41) is 2.50. The van der Waals surface area contributed by atoms with Gasteiger partial charge in [-0.2, -0.15) is 4.31 Å². The van der Waals surface area contributed by atoms with Crippen LogP contribution in [0.2, 0.25) is 0 Å². The largest absolute Gasteiger partial charge is 0.497 e. The Kier molecular flexibility index (Phi) is 7.04. The molecule has 1 N–H and O–H groups in total. The van der Waals surface area contributed by atoms with Crippen molar-refractivity contribution in [2.45, 2.75) is 43.2 Å². The second kappa shape index (κ2) is 9.53. The van der Waals surface area contributed by atoms with Crippen molar-refractivity contribution in [2.75, 3.05) is 13.7 Å². The monoisotopic (exact) mass is 438 g/mol. The molecule has 1 fully saturated rings. The number of halogens is 2. The van der Waals surface area contributed by atoms with Crippen LogP contribution in [0, 0.1) is 11.6 Å². The zero-order valence-electron chi connectivity index (χ0n) is 16.6. The maximum Gasteiger partial charge on any atom is 0.243 e. The molecule has 0 bridgehead atoms. The topological polar surface area (TPSA) is 75.7 Å². The molecule has 1 amide bonds. The van der Waals surface area contributed by atoms with Crippen molar-refractivity contribution >= 4 is 15.9 Å². The Morgan fingerprint density at radius 1 is 1.13 bits per heavy atom. The molecule has 0 saturated carbocycles. The van der Waals surface area contributed by atoms with Gasteiger partial charge in [-0.15, -0.1) is 0 Å². The van der Waals surface area contributed by atoms with E-state index in [1.807, 2.05) is 0 Å². The number of sulfonamides is 1. The molecule has 1 atom stereocenters. The summed E-state index contributed by atoms with van der Waals surface area (Å²) in [7, 11) is -2.29. The minimum absolute atomic E-state index is 0.0779. The average molecular weight is 438 g/mol. The van der Waals surface area contributed by atoms with Gasteiger partial charge in [0.05, 0.1) is 12.0 Å². The van der Waals surface area contributed by atoms with Crippen molar-refractivity contribution in [3.8, 4) is 5.75 Å². The van der Waals surface area contributed by atoms with Crippen LogP contribution in [0.4, 0.5) is 8.78 Å². The highest BCUT2D eigenvalue weighted by molar-refractivity contribution is 7.89. The van der Waals surface area contributed by atoms with E-state index in [0.29, 0.717) is 25.1 Å². The van der Waals surface area contributed by atoms with Crippen LogP contribution in [0.3, 0.4) is 0 Å². The molecule has 0 radical (unpaired) electrons. The molecule has 0 unspecified atom stereocenters. The number of benzene rings is 2. The minimum atomic E-state index is -3.78. The van der Waals surface area contributed by atoms with E-state index in [4.69, 9.17) is 4.74 Å². The lowest BCUT2D eigenvalue weighted by Gasteiger charge is -2.34. The summed E-state index contributed by atoms with van der Waals surface area (Å²) in [5.74, 6) is -1.39. The van der Waals surface area contributed by atoms with Crippen molar-refractivity contribution < 1.29 is 26.7 Å². The summed E-state index contributed by atoms with van der Waals surface area (Å²) in [5.41, 5.74) is -0.225. The molecule has 1 saturated heterocycles. The van der Waals surface area contributed by atoms with E-state index in [1.54, 1.807) is 12.1 Å². The fourth-order valence-corrected chi connectivity index (χ4v) is 5.24. The number of carbonyl (C=O) groups is 1. The number of piperidine rings is 1. The Balaban J connectivity index is 1.69. The molecule has 30 heavy (non-hydrogen) atoms. The second-order valence-corrected chi connectivity index (χ2v) is 9.01. The Labute approximate surface area is 174 Å². The van der Waals surface area contributed by atoms with Crippen molar-refractivity contribution in [3.05, 3.63) is 59.7 Å². The number of nitrogens with zero attached hydrogens (tertiary/aromatic N) is 1. The minimum Gasteiger partial charge on any atom is -0.497 e. The Morgan fingerprint density at radius 2 is 1.80 bits per heavy atom. The molecule has 1 heterocycles. The smallest absolute Gasteiger partial charge is 0.243 e. The molecule has 162 valence electrons. The van der Waals surface area contributed by atoms with E-state index in [9.17, 15) is 22.0 Å². The molecule has 0 aromatic heterocycles. The number of ether oxygens (including phenoxy) is 1. The molecule has 2 aromatic carbocycles. The summed E-state index contributed by atoms with van der Waals surface area (Å²) >= 11 is 0. The van der Waals surface area contributed by atoms with Gasteiger partial charge in [-0.3, -0.25) is 4.79 Å². The average Bonchev–Trinajstić information content (AvgIpc) is 2.73. The highest BCUT2D eigenvalue weighted by Gasteiger charge is 2.34. The number of hydrogen-bond donors (Lipinski definition) is 1. The van der Waals surface area contributed by atoms with Crippen molar-refractivity contribution in [1.29, 1.82) is 0 Å². The van der Waals surface area contributed by atoms with Crippen molar-refractivity contribution in [1.82, 2.24) is 9.62 Å². The van der Waals surface area contributed by atoms with Crippen LogP contribution in [0.15, 0.2) is 47.4 Å². The lowest BCUT2D eigenvalue weighted by molar-refractivity contribution is -0.122. The van der Waals surface area contributed by atoms with Gasteiger partial charge in [-0.05, 0) is 49.2 Å². The molecular formula is C21H24F2N2O4S. The molecule has 1 aliphatic heterocycles. The van der Waals surface area contributed by atoms with Crippen LogP contribution >= 0.6 is 0 Å². The first-order valence-electron chi connectivity index (χ1n) is 9.68. The zero-order chi connectivity index (χ0) is 21.7. The van der Waals surface area contributed by atoms with Gasteiger partial charge in [0.2, 0.25) is 15.9 Å². The third kappa shape index (κ3) is 4.96. The lowest BCUT2D eigenvalue weighted by atomic mass is 10.0. The standard InChI is InChI=1S/C21H24F2N2O4S/c1-29-16-8-10-17(11-9-16)30(27,28)25-12-3-2-5-15(25)13-21(26)24-14-18-19(22)6-4-7-20(18)23/h4,6-11,15H,2-3,5,12-14H2,1H3,(H,24,26)/t15-/m1/s1. The molecule has 2 aromatic rings. The number of amides is 1. The van der Waals surface area contributed by atoms with E-state index in [-0.39, 0.29) is 23.4 Å². The molecule has 6 nitrogen and oxygen atoms in total. The Hall–Kier alpha value is -2.52. The predicted molar refractivity (Wildman–Crippen MR) is 107 cm³/mol. The van der Waals surface area contributed by atoms with E-state index < -0.39 is 33.6 Å². The first kappa shape index (κ1) is 22.2. The number of nitrogens with one attached hydrogen (secondary N) is 1. The van der Waals surface area contributed by atoms with Gasteiger partial charge in [0.15, 0.2) is 0 Å².